The van der Waals surface area contributed by atoms with Gasteiger partial charge in [0.2, 0.25) is 0 Å². The molecule has 0 aliphatic carbocycles. The molecule has 20 heavy (non-hydrogen) atoms. The Balaban J connectivity index is 2.27. The Morgan fingerprint density at radius 2 is 2.00 bits per heavy atom. The summed E-state index contributed by atoms with van der Waals surface area (Å²) in [5.74, 6) is -0.201. The summed E-state index contributed by atoms with van der Waals surface area (Å²) in [6.07, 6.45) is 2.37. The Hall–Kier alpha value is -0.450. The molecule has 0 radical (unpaired) electrons. The Morgan fingerprint density at radius 3 is 2.60 bits per heavy atom. The molecule has 2 nitrogen and oxygen atoms in total. The largest absolute Gasteiger partial charge is 0.310 e. The van der Waals surface area contributed by atoms with E-state index in [-0.39, 0.29) is 5.82 Å². The zero-order valence-corrected chi connectivity index (χ0v) is 14.3. The minimum atomic E-state index is -0.201. The second-order valence-corrected chi connectivity index (χ2v) is 6.04. The van der Waals surface area contributed by atoms with Crippen molar-refractivity contribution in [3.05, 3.63) is 34.1 Å². The SMILES string of the molecule is CCN(CC)CCCC(C)NCc1ccc(F)cc1Br. The van der Waals surface area contributed by atoms with Gasteiger partial charge in [-0.05, 0) is 57.1 Å². The molecule has 0 bridgehead atoms. The van der Waals surface area contributed by atoms with Gasteiger partial charge in [-0.2, -0.15) is 0 Å². The molecule has 0 saturated carbocycles. The van der Waals surface area contributed by atoms with E-state index >= 15 is 0 Å². The topological polar surface area (TPSA) is 15.3 Å². The fourth-order valence-electron chi connectivity index (χ4n) is 2.21. The molecule has 114 valence electrons. The van der Waals surface area contributed by atoms with Crippen molar-refractivity contribution >= 4 is 15.9 Å². The zero-order chi connectivity index (χ0) is 15.0. The zero-order valence-electron chi connectivity index (χ0n) is 12.8. The van der Waals surface area contributed by atoms with Crippen molar-refractivity contribution in [1.82, 2.24) is 10.2 Å². The monoisotopic (exact) mass is 344 g/mol. The van der Waals surface area contributed by atoms with E-state index in [4.69, 9.17) is 0 Å². The predicted octanol–water partition coefficient (Wildman–Crippen LogP) is 4.19. The van der Waals surface area contributed by atoms with Gasteiger partial charge in [0.15, 0.2) is 0 Å². The smallest absolute Gasteiger partial charge is 0.124 e. The average Bonchev–Trinajstić information content (AvgIpc) is 2.42. The van der Waals surface area contributed by atoms with E-state index in [2.05, 4.69) is 46.9 Å². The van der Waals surface area contributed by atoms with Crippen molar-refractivity contribution < 1.29 is 4.39 Å². The summed E-state index contributed by atoms with van der Waals surface area (Å²) < 4.78 is 13.8. The minimum absolute atomic E-state index is 0.201. The lowest BCUT2D eigenvalue weighted by Gasteiger charge is -2.20. The van der Waals surface area contributed by atoms with Crippen LogP contribution < -0.4 is 5.32 Å². The first-order chi connectivity index (χ1) is 9.56. The summed E-state index contributed by atoms with van der Waals surface area (Å²) in [5, 5.41) is 3.50. The Kier molecular flexibility index (Phi) is 8.34. The first-order valence-corrected chi connectivity index (χ1v) is 8.25. The van der Waals surface area contributed by atoms with Gasteiger partial charge >= 0.3 is 0 Å². The van der Waals surface area contributed by atoms with Gasteiger partial charge < -0.3 is 10.2 Å². The Bertz CT molecular complexity index is 394. The van der Waals surface area contributed by atoms with Crippen LogP contribution in [0.5, 0.6) is 0 Å². The van der Waals surface area contributed by atoms with Crippen molar-refractivity contribution in [1.29, 1.82) is 0 Å². The molecule has 1 rings (SSSR count). The molecule has 0 heterocycles. The number of halogens is 2. The minimum Gasteiger partial charge on any atom is -0.310 e. The molecule has 0 spiro atoms. The molecule has 1 aromatic rings. The van der Waals surface area contributed by atoms with Crippen LogP contribution in [-0.4, -0.2) is 30.6 Å². The highest BCUT2D eigenvalue weighted by Crippen LogP contribution is 2.18. The van der Waals surface area contributed by atoms with Gasteiger partial charge in [0.25, 0.3) is 0 Å². The highest BCUT2D eigenvalue weighted by Gasteiger charge is 2.06. The van der Waals surface area contributed by atoms with Crippen LogP contribution in [0, 0.1) is 5.82 Å². The van der Waals surface area contributed by atoms with Crippen molar-refractivity contribution in [3.8, 4) is 0 Å². The van der Waals surface area contributed by atoms with Crippen LogP contribution in [0.25, 0.3) is 0 Å². The van der Waals surface area contributed by atoms with Crippen molar-refractivity contribution in [2.75, 3.05) is 19.6 Å². The molecule has 0 fully saturated rings. The van der Waals surface area contributed by atoms with Gasteiger partial charge in [0, 0.05) is 17.1 Å². The maximum Gasteiger partial charge on any atom is 0.124 e. The molecule has 0 saturated heterocycles. The summed E-state index contributed by atoms with van der Waals surface area (Å²) in [7, 11) is 0. The lowest BCUT2D eigenvalue weighted by atomic mass is 10.1. The summed E-state index contributed by atoms with van der Waals surface area (Å²) >= 11 is 3.40. The van der Waals surface area contributed by atoms with Crippen molar-refractivity contribution in [2.24, 2.45) is 0 Å². The molecule has 1 atom stereocenters. The van der Waals surface area contributed by atoms with Gasteiger partial charge in [-0.1, -0.05) is 35.8 Å². The highest BCUT2D eigenvalue weighted by atomic mass is 79.9. The molecule has 4 heteroatoms. The maximum atomic E-state index is 13.0. The molecule has 1 unspecified atom stereocenters. The molecular formula is C16H26BrFN2. The number of benzene rings is 1. The molecule has 0 aromatic heterocycles. The summed E-state index contributed by atoms with van der Waals surface area (Å²) in [6.45, 7) is 10.8. The third-order valence-electron chi connectivity index (χ3n) is 3.66. The van der Waals surface area contributed by atoms with E-state index < -0.39 is 0 Å². The third-order valence-corrected chi connectivity index (χ3v) is 4.40. The standard InChI is InChI=1S/C16H26BrFN2/c1-4-20(5-2)10-6-7-13(3)19-12-14-8-9-15(18)11-16(14)17/h8-9,11,13,19H,4-7,10,12H2,1-3H3. The Morgan fingerprint density at radius 1 is 1.30 bits per heavy atom. The van der Waals surface area contributed by atoms with Gasteiger partial charge in [-0.3, -0.25) is 0 Å². The third kappa shape index (κ3) is 6.33. The van der Waals surface area contributed by atoms with Crippen LogP contribution in [-0.2, 0) is 6.54 Å². The fraction of sp³-hybridized carbons (Fsp3) is 0.625. The quantitative estimate of drug-likeness (QED) is 0.722. The van der Waals surface area contributed by atoms with Crippen LogP contribution in [0.4, 0.5) is 4.39 Å². The summed E-state index contributed by atoms with van der Waals surface area (Å²) in [6, 6.07) is 5.33. The molecule has 0 aliphatic rings. The van der Waals surface area contributed by atoms with Crippen LogP contribution >= 0.6 is 15.9 Å². The molecular weight excluding hydrogens is 319 g/mol. The van der Waals surface area contributed by atoms with Gasteiger partial charge in [0.1, 0.15) is 5.82 Å². The second kappa shape index (κ2) is 9.48. The van der Waals surface area contributed by atoms with Gasteiger partial charge in [-0.25, -0.2) is 4.39 Å². The first kappa shape index (κ1) is 17.6. The van der Waals surface area contributed by atoms with E-state index in [0.29, 0.717) is 6.04 Å². The van der Waals surface area contributed by atoms with Crippen LogP contribution in [0.15, 0.2) is 22.7 Å². The van der Waals surface area contributed by atoms with E-state index in [1.807, 2.05) is 6.07 Å². The number of hydrogen-bond donors (Lipinski definition) is 1. The predicted molar refractivity (Wildman–Crippen MR) is 87.4 cm³/mol. The Labute approximate surface area is 130 Å². The molecule has 0 aliphatic heterocycles. The van der Waals surface area contributed by atoms with Crippen molar-refractivity contribution in [3.63, 3.8) is 0 Å². The van der Waals surface area contributed by atoms with E-state index in [9.17, 15) is 4.39 Å². The van der Waals surface area contributed by atoms with Crippen LogP contribution in [0.1, 0.15) is 39.2 Å². The molecule has 1 N–H and O–H groups in total. The van der Waals surface area contributed by atoms with Crippen LogP contribution in [0.3, 0.4) is 0 Å². The number of rotatable bonds is 9. The van der Waals surface area contributed by atoms with Gasteiger partial charge in [0.05, 0.1) is 0 Å². The number of nitrogens with zero attached hydrogens (tertiary/aromatic N) is 1. The highest BCUT2D eigenvalue weighted by molar-refractivity contribution is 9.10. The van der Waals surface area contributed by atoms with Crippen molar-refractivity contribution in [2.45, 2.75) is 46.2 Å². The van der Waals surface area contributed by atoms with E-state index in [0.717, 1.165) is 36.1 Å². The lowest BCUT2D eigenvalue weighted by Crippen LogP contribution is -2.28. The fourth-order valence-corrected chi connectivity index (χ4v) is 2.70. The second-order valence-electron chi connectivity index (χ2n) is 5.19. The lowest BCUT2D eigenvalue weighted by molar-refractivity contribution is 0.290. The number of nitrogens with one attached hydrogen (secondary N) is 1. The average molecular weight is 345 g/mol. The van der Waals surface area contributed by atoms with E-state index in [1.54, 1.807) is 0 Å². The number of hydrogen-bond acceptors (Lipinski definition) is 2. The summed E-state index contributed by atoms with van der Waals surface area (Å²) in [4.78, 5) is 2.45. The van der Waals surface area contributed by atoms with Gasteiger partial charge in [-0.15, -0.1) is 0 Å². The maximum absolute atomic E-state index is 13.0. The first-order valence-electron chi connectivity index (χ1n) is 7.46. The molecule has 1 aromatic carbocycles. The van der Waals surface area contributed by atoms with Crippen LogP contribution in [0.2, 0.25) is 0 Å². The molecule has 0 amide bonds. The summed E-state index contributed by atoms with van der Waals surface area (Å²) in [5.41, 5.74) is 1.10. The van der Waals surface area contributed by atoms with E-state index in [1.165, 1.54) is 25.1 Å². The normalized spacial score (nSPS) is 12.9.